The third-order valence-electron chi connectivity index (χ3n) is 2.38. The Kier molecular flexibility index (Phi) is 2.84. The van der Waals surface area contributed by atoms with E-state index in [1.54, 1.807) is 30.5 Å². The Morgan fingerprint density at radius 1 is 1.19 bits per heavy atom. The molecule has 1 heterocycles. The smallest absolute Gasteiger partial charge is 0.251 e. The predicted octanol–water partition coefficient (Wildman–Crippen LogP) is 1.84. The normalized spacial score (nSPS) is 9.69. The number of H-pyrrole nitrogens is 1. The Hall–Kier alpha value is -2.34. The van der Waals surface area contributed by atoms with Crippen molar-refractivity contribution in [2.75, 3.05) is 0 Å². The number of nitrogens with zero attached hydrogens (tertiary/aromatic N) is 1. The summed E-state index contributed by atoms with van der Waals surface area (Å²) in [5.74, 6) is 0. The van der Waals surface area contributed by atoms with Crippen LogP contribution in [-0.4, -0.2) is 4.98 Å². The molecule has 78 valence electrons. The molecule has 0 saturated carbocycles. The number of hydrogen-bond donors (Lipinski definition) is 1. The molecule has 0 bridgehead atoms. The minimum absolute atomic E-state index is 0.0631. The highest BCUT2D eigenvalue weighted by atomic mass is 16.1. The molecule has 1 aromatic heterocycles. The fourth-order valence-corrected chi connectivity index (χ4v) is 1.51. The first-order chi connectivity index (χ1) is 7.79. The molecule has 3 nitrogen and oxygen atoms in total. The van der Waals surface area contributed by atoms with Crippen LogP contribution in [0.25, 0.3) is 0 Å². The van der Waals surface area contributed by atoms with Crippen LogP contribution in [0.4, 0.5) is 0 Å². The number of pyridine rings is 1. The third kappa shape index (κ3) is 2.18. The van der Waals surface area contributed by atoms with Gasteiger partial charge in [-0.3, -0.25) is 4.79 Å². The van der Waals surface area contributed by atoms with Crippen molar-refractivity contribution in [3.05, 3.63) is 69.6 Å². The van der Waals surface area contributed by atoms with Crippen LogP contribution in [0.1, 0.15) is 16.7 Å². The van der Waals surface area contributed by atoms with Crippen LogP contribution in [0.3, 0.4) is 0 Å². The Balaban J connectivity index is 2.25. The van der Waals surface area contributed by atoms with Crippen LogP contribution in [0.2, 0.25) is 0 Å². The van der Waals surface area contributed by atoms with Gasteiger partial charge in [0, 0.05) is 18.2 Å². The Morgan fingerprint density at radius 2 is 1.94 bits per heavy atom. The SMILES string of the molecule is N#Cc1ccc(Cc2ccc[nH]c2=O)cc1. The van der Waals surface area contributed by atoms with Crippen molar-refractivity contribution in [1.29, 1.82) is 5.26 Å². The second-order valence-corrected chi connectivity index (χ2v) is 3.51. The summed E-state index contributed by atoms with van der Waals surface area (Å²) in [6.07, 6.45) is 2.20. The monoisotopic (exact) mass is 210 g/mol. The maximum atomic E-state index is 11.4. The van der Waals surface area contributed by atoms with Crippen LogP contribution in [-0.2, 0) is 6.42 Å². The first kappa shape index (κ1) is 10.2. The fourth-order valence-electron chi connectivity index (χ4n) is 1.51. The fraction of sp³-hybridized carbons (Fsp3) is 0.0769. The molecular weight excluding hydrogens is 200 g/mol. The van der Waals surface area contributed by atoms with Gasteiger partial charge in [-0.05, 0) is 23.8 Å². The van der Waals surface area contributed by atoms with Gasteiger partial charge in [0.1, 0.15) is 0 Å². The maximum absolute atomic E-state index is 11.4. The van der Waals surface area contributed by atoms with E-state index in [9.17, 15) is 4.79 Å². The minimum atomic E-state index is -0.0631. The highest BCUT2D eigenvalue weighted by Crippen LogP contribution is 2.07. The van der Waals surface area contributed by atoms with Crippen molar-refractivity contribution in [2.45, 2.75) is 6.42 Å². The predicted molar refractivity (Wildman–Crippen MR) is 61.0 cm³/mol. The summed E-state index contributed by atoms with van der Waals surface area (Å²) in [4.78, 5) is 14.1. The van der Waals surface area contributed by atoms with E-state index in [2.05, 4.69) is 11.1 Å². The van der Waals surface area contributed by atoms with E-state index in [1.165, 1.54) is 0 Å². The van der Waals surface area contributed by atoms with Crippen LogP contribution in [0, 0.1) is 11.3 Å². The maximum Gasteiger partial charge on any atom is 0.251 e. The number of rotatable bonds is 2. The summed E-state index contributed by atoms with van der Waals surface area (Å²) in [5, 5.41) is 8.66. The molecule has 0 aliphatic rings. The molecule has 1 N–H and O–H groups in total. The van der Waals surface area contributed by atoms with Gasteiger partial charge in [0.2, 0.25) is 0 Å². The van der Waals surface area contributed by atoms with Gasteiger partial charge in [-0.25, -0.2) is 0 Å². The van der Waals surface area contributed by atoms with E-state index in [-0.39, 0.29) is 5.56 Å². The molecule has 0 unspecified atom stereocenters. The third-order valence-corrected chi connectivity index (χ3v) is 2.38. The summed E-state index contributed by atoms with van der Waals surface area (Å²) in [6, 6.07) is 12.9. The highest BCUT2D eigenvalue weighted by molar-refractivity contribution is 5.33. The summed E-state index contributed by atoms with van der Waals surface area (Å²) in [5.41, 5.74) is 2.32. The lowest BCUT2D eigenvalue weighted by molar-refractivity contribution is 1.09. The van der Waals surface area contributed by atoms with Crippen LogP contribution >= 0.6 is 0 Å². The van der Waals surface area contributed by atoms with Crippen LogP contribution in [0.5, 0.6) is 0 Å². The second kappa shape index (κ2) is 4.45. The largest absolute Gasteiger partial charge is 0.329 e. The number of hydrogen-bond acceptors (Lipinski definition) is 2. The lowest BCUT2D eigenvalue weighted by atomic mass is 10.1. The number of aromatic nitrogens is 1. The van der Waals surface area contributed by atoms with Crippen molar-refractivity contribution in [3.63, 3.8) is 0 Å². The van der Waals surface area contributed by atoms with E-state index in [4.69, 9.17) is 5.26 Å². The lowest BCUT2D eigenvalue weighted by Gasteiger charge is -2.00. The quantitative estimate of drug-likeness (QED) is 0.822. The Labute approximate surface area is 93.0 Å². The number of aromatic amines is 1. The van der Waals surface area contributed by atoms with Gasteiger partial charge in [-0.1, -0.05) is 18.2 Å². The molecule has 2 rings (SSSR count). The van der Waals surface area contributed by atoms with Gasteiger partial charge >= 0.3 is 0 Å². The molecule has 0 aliphatic heterocycles. The highest BCUT2D eigenvalue weighted by Gasteiger charge is 2.00. The van der Waals surface area contributed by atoms with Gasteiger partial charge in [-0.15, -0.1) is 0 Å². The van der Waals surface area contributed by atoms with Crippen molar-refractivity contribution >= 4 is 0 Å². The van der Waals surface area contributed by atoms with Crippen molar-refractivity contribution in [2.24, 2.45) is 0 Å². The van der Waals surface area contributed by atoms with Crippen molar-refractivity contribution in [1.82, 2.24) is 4.98 Å². The molecule has 0 aliphatic carbocycles. The zero-order valence-electron chi connectivity index (χ0n) is 8.60. The topological polar surface area (TPSA) is 56.6 Å². The van der Waals surface area contributed by atoms with Gasteiger partial charge in [0.15, 0.2) is 0 Å². The molecule has 0 saturated heterocycles. The lowest BCUT2D eigenvalue weighted by Crippen LogP contribution is -2.11. The molecule has 0 spiro atoms. The Bertz CT molecular complexity index is 576. The summed E-state index contributed by atoms with van der Waals surface area (Å²) in [6.45, 7) is 0. The molecule has 0 fully saturated rings. The molecule has 1 aromatic carbocycles. The average Bonchev–Trinajstić information content (AvgIpc) is 2.33. The van der Waals surface area contributed by atoms with E-state index in [1.807, 2.05) is 12.1 Å². The van der Waals surface area contributed by atoms with Gasteiger partial charge in [-0.2, -0.15) is 5.26 Å². The second-order valence-electron chi connectivity index (χ2n) is 3.51. The molecule has 2 aromatic rings. The summed E-state index contributed by atoms with van der Waals surface area (Å²) >= 11 is 0. The van der Waals surface area contributed by atoms with E-state index in [0.717, 1.165) is 11.1 Å². The molecule has 0 amide bonds. The number of benzene rings is 1. The average molecular weight is 210 g/mol. The van der Waals surface area contributed by atoms with E-state index in [0.29, 0.717) is 12.0 Å². The van der Waals surface area contributed by atoms with Crippen molar-refractivity contribution in [3.8, 4) is 6.07 Å². The van der Waals surface area contributed by atoms with E-state index < -0.39 is 0 Å². The Morgan fingerprint density at radius 3 is 2.56 bits per heavy atom. The molecule has 0 radical (unpaired) electrons. The van der Waals surface area contributed by atoms with Crippen LogP contribution < -0.4 is 5.56 Å². The summed E-state index contributed by atoms with van der Waals surface area (Å²) < 4.78 is 0. The van der Waals surface area contributed by atoms with Gasteiger partial charge in [0.05, 0.1) is 11.6 Å². The van der Waals surface area contributed by atoms with Crippen LogP contribution in [0.15, 0.2) is 47.4 Å². The first-order valence-electron chi connectivity index (χ1n) is 4.95. The standard InChI is InChI=1S/C13H10N2O/c14-9-11-5-3-10(4-6-11)8-12-2-1-7-15-13(12)16/h1-7H,8H2,(H,15,16). The molecule has 3 heteroatoms. The number of nitriles is 1. The van der Waals surface area contributed by atoms with E-state index >= 15 is 0 Å². The molecular formula is C13H10N2O. The van der Waals surface area contributed by atoms with Gasteiger partial charge in [0.25, 0.3) is 5.56 Å². The first-order valence-corrected chi connectivity index (χ1v) is 4.95. The molecule has 16 heavy (non-hydrogen) atoms. The zero-order valence-corrected chi connectivity index (χ0v) is 8.60. The molecule has 0 atom stereocenters. The zero-order chi connectivity index (χ0) is 11.4. The van der Waals surface area contributed by atoms with Crippen molar-refractivity contribution < 1.29 is 0 Å². The summed E-state index contributed by atoms with van der Waals surface area (Å²) in [7, 11) is 0. The number of nitrogens with one attached hydrogen (secondary N) is 1. The minimum Gasteiger partial charge on any atom is -0.329 e. The van der Waals surface area contributed by atoms with Gasteiger partial charge < -0.3 is 4.98 Å².